The highest BCUT2D eigenvalue weighted by molar-refractivity contribution is 6.27. The van der Waals surface area contributed by atoms with Crippen molar-refractivity contribution < 1.29 is 27.2 Å². The van der Waals surface area contributed by atoms with E-state index in [4.69, 9.17) is 4.42 Å². The van der Waals surface area contributed by atoms with E-state index in [0.29, 0.717) is 29.2 Å². The van der Waals surface area contributed by atoms with E-state index in [1.54, 1.807) is 36.5 Å². The number of nitriles is 1. The van der Waals surface area contributed by atoms with Crippen LogP contribution in [0.15, 0.2) is 77.0 Å². The topological polar surface area (TPSA) is 141 Å². The molecule has 2 aromatic heterocycles. The van der Waals surface area contributed by atoms with E-state index in [1.165, 1.54) is 24.0 Å². The van der Waals surface area contributed by atoms with Crippen LogP contribution in [0.3, 0.4) is 0 Å². The Balaban J connectivity index is 1.81. The predicted molar refractivity (Wildman–Crippen MR) is 164 cm³/mol. The van der Waals surface area contributed by atoms with Gasteiger partial charge in [0.15, 0.2) is 0 Å². The van der Waals surface area contributed by atoms with Crippen molar-refractivity contribution in [2.45, 2.75) is 32.6 Å². The summed E-state index contributed by atoms with van der Waals surface area (Å²) in [5, 5.41) is 21.7. The lowest BCUT2D eigenvalue weighted by Crippen LogP contribution is -2.38. The number of carbonyl (C=O) groups excluding carboxylic acids is 2. The third kappa shape index (κ3) is 7.80. The minimum Gasteiger partial charge on any atom is -0.442 e. The van der Waals surface area contributed by atoms with Gasteiger partial charge in [0.25, 0.3) is 11.8 Å². The molecule has 4 rings (SSSR count). The van der Waals surface area contributed by atoms with Crippen molar-refractivity contribution in [2.75, 3.05) is 26.5 Å². The van der Waals surface area contributed by atoms with Crippen LogP contribution in [0.25, 0.3) is 11.4 Å². The quantitative estimate of drug-likeness (QED) is 0.120. The smallest absolute Gasteiger partial charge is 0.416 e. The number of benzene rings is 2. The Bertz CT molecular complexity index is 1770. The summed E-state index contributed by atoms with van der Waals surface area (Å²) < 4.78 is 47.6. The molecule has 0 fully saturated rings. The second kappa shape index (κ2) is 14.1. The van der Waals surface area contributed by atoms with Crippen LogP contribution in [0, 0.1) is 17.2 Å². The van der Waals surface area contributed by atoms with Gasteiger partial charge >= 0.3 is 6.18 Å². The van der Waals surface area contributed by atoms with Crippen LogP contribution < -0.4 is 16.0 Å². The first-order valence-electron chi connectivity index (χ1n) is 14.2. The number of nitrogens with zero attached hydrogens (tertiary/aromatic N) is 5. The number of hydrogen-bond donors (Lipinski definition) is 3. The van der Waals surface area contributed by atoms with Crippen molar-refractivity contribution in [3.8, 4) is 11.8 Å². The first kappa shape index (κ1) is 33.5. The van der Waals surface area contributed by atoms with Crippen LogP contribution >= 0.6 is 0 Å². The minimum atomic E-state index is -4.65. The molecule has 0 saturated heterocycles. The molecule has 0 bridgehead atoms. The van der Waals surface area contributed by atoms with E-state index in [1.807, 2.05) is 38.9 Å². The number of rotatable bonds is 11. The van der Waals surface area contributed by atoms with Gasteiger partial charge in [-0.2, -0.15) is 23.5 Å². The van der Waals surface area contributed by atoms with Crippen LogP contribution in [-0.4, -0.2) is 52.6 Å². The Morgan fingerprint density at radius 2 is 1.80 bits per heavy atom. The molecule has 46 heavy (non-hydrogen) atoms. The summed E-state index contributed by atoms with van der Waals surface area (Å²) in [5.41, 5.74) is -0.288. The van der Waals surface area contributed by atoms with Gasteiger partial charge < -0.3 is 25.3 Å². The van der Waals surface area contributed by atoms with E-state index in [0.717, 1.165) is 18.2 Å². The average Bonchev–Trinajstić information content (AvgIpc) is 3.67. The van der Waals surface area contributed by atoms with Gasteiger partial charge in [0, 0.05) is 12.7 Å². The fraction of sp³-hybridized carbons (Fsp3) is 0.281. The molecular formula is C32H33F3N8O3. The zero-order chi connectivity index (χ0) is 33.6. The molecule has 0 aliphatic carbocycles. The first-order chi connectivity index (χ1) is 21.8. The van der Waals surface area contributed by atoms with Gasteiger partial charge in [-0.25, -0.2) is 9.67 Å². The molecule has 1 unspecified atom stereocenters. The Kier molecular flexibility index (Phi) is 10.3. The van der Waals surface area contributed by atoms with Crippen molar-refractivity contribution in [1.82, 2.24) is 30.3 Å². The minimum absolute atomic E-state index is 0.0343. The lowest BCUT2D eigenvalue weighted by atomic mass is 10.0. The fourth-order valence-electron chi connectivity index (χ4n) is 4.63. The maximum absolute atomic E-state index is 14.1. The Morgan fingerprint density at radius 3 is 2.41 bits per heavy atom. The van der Waals surface area contributed by atoms with Crippen LogP contribution in [-0.2, 0) is 22.3 Å². The average molecular weight is 635 g/mol. The predicted octanol–water partition coefficient (Wildman–Crippen LogP) is 4.90. The van der Waals surface area contributed by atoms with Crippen molar-refractivity contribution in [1.29, 1.82) is 5.26 Å². The molecule has 3 N–H and O–H groups in total. The van der Waals surface area contributed by atoms with E-state index in [9.17, 15) is 28.0 Å². The summed E-state index contributed by atoms with van der Waals surface area (Å²) in [6.45, 7) is 4.15. The third-order valence-corrected chi connectivity index (χ3v) is 6.80. The van der Waals surface area contributed by atoms with Crippen LogP contribution in [0.1, 0.15) is 48.4 Å². The van der Waals surface area contributed by atoms with Gasteiger partial charge in [0.05, 0.1) is 53.2 Å². The number of halogens is 3. The molecule has 0 radical (unpaired) electrons. The largest absolute Gasteiger partial charge is 0.442 e. The third-order valence-electron chi connectivity index (χ3n) is 6.80. The molecule has 0 spiro atoms. The number of oxazole rings is 1. The molecule has 0 saturated carbocycles. The maximum Gasteiger partial charge on any atom is 0.416 e. The SMILES string of the molecule is CN/C(=C(\C(=O)Nc1cccc(C(F)(F)F)c1)C(=O)NC(c1ncc(CN(C)C)o1)C(C)C)c1ccnn1-c1ccc(C#N)cc1. The molecule has 14 heteroatoms. The second-order valence-corrected chi connectivity index (χ2v) is 10.9. The maximum atomic E-state index is 14.1. The molecule has 1 atom stereocenters. The molecule has 2 amide bonds. The lowest BCUT2D eigenvalue weighted by Gasteiger charge is -2.22. The van der Waals surface area contributed by atoms with Crippen molar-refractivity contribution in [2.24, 2.45) is 5.92 Å². The van der Waals surface area contributed by atoms with Gasteiger partial charge in [0.1, 0.15) is 17.4 Å². The van der Waals surface area contributed by atoms with Gasteiger partial charge in [-0.1, -0.05) is 19.9 Å². The highest BCUT2D eigenvalue weighted by atomic mass is 19.4. The monoisotopic (exact) mass is 634 g/mol. The van der Waals surface area contributed by atoms with E-state index in [-0.39, 0.29) is 23.2 Å². The van der Waals surface area contributed by atoms with Gasteiger partial charge in [-0.3, -0.25) is 9.59 Å². The summed E-state index contributed by atoms with van der Waals surface area (Å²) in [6, 6.07) is 13.4. The highest BCUT2D eigenvalue weighted by Crippen LogP contribution is 2.31. The Labute approximate surface area is 263 Å². The van der Waals surface area contributed by atoms with Gasteiger partial charge in [-0.15, -0.1) is 0 Å². The molecule has 2 aromatic carbocycles. The second-order valence-electron chi connectivity index (χ2n) is 10.9. The molecule has 4 aromatic rings. The van der Waals surface area contributed by atoms with Crippen molar-refractivity contribution >= 4 is 23.2 Å². The fourth-order valence-corrected chi connectivity index (χ4v) is 4.63. The standard InChI is InChI=1S/C32H33F3N8O3/c1-19(2)27(31-38-17-24(46-31)18-42(4)5)41-30(45)26(29(44)40-22-8-6-7-21(15-22)32(33,34)35)28(37-3)25-13-14-39-43(25)23-11-9-20(16-36)10-12-23/h6-15,17,19,27,37H,18H2,1-5H3,(H,40,44)(H,41,45)/b28-26+. The highest BCUT2D eigenvalue weighted by Gasteiger charge is 2.33. The molecule has 240 valence electrons. The van der Waals surface area contributed by atoms with Crippen LogP contribution in [0.5, 0.6) is 0 Å². The van der Waals surface area contributed by atoms with E-state index in [2.05, 4.69) is 26.0 Å². The summed E-state index contributed by atoms with van der Waals surface area (Å²) >= 11 is 0. The Hall–Kier alpha value is -5.42. The number of aromatic nitrogens is 3. The molecule has 2 heterocycles. The molecule has 11 nitrogen and oxygen atoms in total. The van der Waals surface area contributed by atoms with Crippen LogP contribution in [0.4, 0.5) is 18.9 Å². The number of amides is 2. The van der Waals surface area contributed by atoms with E-state index >= 15 is 0 Å². The Morgan fingerprint density at radius 1 is 1.09 bits per heavy atom. The van der Waals surface area contributed by atoms with Crippen LogP contribution in [0.2, 0.25) is 0 Å². The van der Waals surface area contributed by atoms with Crippen molar-refractivity contribution in [3.63, 3.8) is 0 Å². The summed E-state index contributed by atoms with van der Waals surface area (Å²) in [5.74, 6) is -1.25. The molecule has 0 aliphatic heterocycles. The molecular weight excluding hydrogens is 601 g/mol. The number of anilines is 1. The van der Waals surface area contributed by atoms with Gasteiger partial charge in [-0.05, 0) is 68.5 Å². The van der Waals surface area contributed by atoms with E-state index < -0.39 is 35.2 Å². The van der Waals surface area contributed by atoms with Gasteiger partial charge in [0.2, 0.25) is 5.89 Å². The molecule has 0 aliphatic rings. The normalized spacial score (nSPS) is 12.8. The number of nitrogens with one attached hydrogen (secondary N) is 3. The summed E-state index contributed by atoms with van der Waals surface area (Å²) in [4.78, 5) is 34.2. The van der Waals surface area contributed by atoms with Crippen molar-refractivity contribution in [3.05, 3.63) is 101 Å². The lowest BCUT2D eigenvalue weighted by molar-refractivity contribution is -0.137. The first-order valence-corrected chi connectivity index (χ1v) is 14.2. The number of alkyl halides is 3. The summed E-state index contributed by atoms with van der Waals surface area (Å²) in [7, 11) is 5.23. The zero-order valence-electron chi connectivity index (χ0n) is 25.8. The number of hydrogen-bond acceptors (Lipinski definition) is 8. The summed E-state index contributed by atoms with van der Waals surface area (Å²) in [6.07, 6.45) is -1.63. The number of carbonyl (C=O) groups is 2. The zero-order valence-corrected chi connectivity index (χ0v) is 25.8.